The normalized spacial score (nSPS) is 12.4. The standard InChI is InChI=1S/C17H20ClN/c1-13-6-8-14(9-7-13)10-16(12-19-2)15-4-3-5-17(18)11-15/h3-9,11,16,19H,10,12H2,1-2H3. The first kappa shape index (κ1) is 14.1. The zero-order valence-electron chi connectivity index (χ0n) is 11.5. The molecule has 0 heterocycles. The van der Waals surface area contributed by atoms with E-state index in [4.69, 9.17) is 11.6 Å². The number of likely N-dealkylation sites (N-methyl/N-ethyl adjacent to an activating group) is 1. The molecule has 0 spiro atoms. The van der Waals surface area contributed by atoms with E-state index in [1.165, 1.54) is 16.7 Å². The summed E-state index contributed by atoms with van der Waals surface area (Å²) in [5.74, 6) is 0.450. The van der Waals surface area contributed by atoms with Crippen LogP contribution >= 0.6 is 11.6 Å². The molecule has 2 heteroatoms. The van der Waals surface area contributed by atoms with Crippen LogP contribution < -0.4 is 5.32 Å². The number of hydrogen-bond donors (Lipinski definition) is 1. The highest BCUT2D eigenvalue weighted by Gasteiger charge is 2.12. The summed E-state index contributed by atoms with van der Waals surface area (Å²) in [5, 5.41) is 4.08. The van der Waals surface area contributed by atoms with Crippen molar-refractivity contribution in [1.82, 2.24) is 5.32 Å². The highest BCUT2D eigenvalue weighted by Crippen LogP contribution is 2.23. The second-order valence-corrected chi connectivity index (χ2v) is 5.44. The number of aryl methyl sites for hydroxylation is 1. The Labute approximate surface area is 120 Å². The van der Waals surface area contributed by atoms with Crippen molar-refractivity contribution in [2.24, 2.45) is 0 Å². The summed E-state index contributed by atoms with van der Waals surface area (Å²) in [6.07, 6.45) is 1.03. The quantitative estimate of drug-likeness (QED) is 0.861. The lowest BCUT2D eigenvalue weighted by atomic mass is 9.91. The van der Waals surface area contributed by atoms with Gasteiger partial charge in [0, 0.05) is 17.5 Å². The Kier molecular flexibility index (Phi) is 5.00. The molecular formula is C17H20ClN. The van der Waals surface area contributed by atoms with Gasteiger partial charge in [-0.05, 0) is 43.7 Å². The van der Waals surface area contributed by atoms with Crippen LogP contribution in [0.2, 0.25) is 5.02 Å². The van der Waals surface area contributed by atoms with Crippen molar-refractivity contribution < 1.29 is 0 Å². The minimum atomic E-state index is 0.450. The first-order valence-electron chi connectivity index (χ1n) is 6.64. The molecule has 0 aromatic heterocycles. The molecule has 0 aliphatic carbocycles. The van der Waals surface area contributed by atoms with Gasteiger partial charge in [0.15, 0.2) is 0 Å². The number of nitrogens with one attached hydrogen (secondary N) is 1. The number of benzene rings is 2. The molecule has 1 unspecified atom stereocenters. The molecule has 2 aromatic rings. The molecule has 2 rings (SSSR count). The Morgan fingerprint density at radius 1 is 1.11 bits per heavy atom. The summed E-state index contributed by atoms with van der Waals surface area (Å²) in [7, 11) is 1.99. The third-order valence-corrected chi connectivity index (χ3v) is 3.61. The number of halogens is 1. The lowest BCUT2D eigenvalue weighted by Gasteiger charge is -2.17. The molecule has 0 saturated heterocycles. The maximum absolute atomic E-state index is 6.09. The topological polar surface area (TPSA) is 12.0 Å². The van der Waals surface area contributed by atoms with Gasteiger partial charge in [0.05, 0.1) is 0 Å². The van der Waals surface area contributed by atoms with Crippen LogP contribution in [0.5, 0.6) is 0 Å². The minimum absolute atomic E-state index is 0.450. The van der Waals surface area contributed by atoms with Crippen LogP contribution in [0, 0.1) is 6.92 Å². The zero-order valence-corrected chi connectivity index (χ0v) is 12.2. The first-order valence-corrected chi connectivity index (χ1v) is 7.02. The van der Waals surface area contributed by atoms with Crippen molar-refractivity contribution in [2.75, 3.05) is 13.6 Å². The minimum Gasteiger partial charge on any atom is -0.319 e. The van der Waals surface area contributed by atoms with Gasteiger partial charge >= 0.3 is 0 Å². The van der Waals surface area contributed by atoms with Crippen LogP contribution in [0.25, 0.3) is 0 Å². The number of hydrogen-bond acceptors (Lipinski definition) is 1. The van der Waals surface area contributed by atoms with Crippen LogP contribution in [0.15, 0.2) is 48.5 Å². The van der Waals surface area contributed by atoms with E-state index in [0.29, 0.717) is 5.92 Å². The predicted octanol–water partition coefficient (Wildman–Crippen LogP) is 4.19. The van der Waals surface area contributed by atoms with E-state index in [0.717, 1.165) is 18.0 Å². The third-order valence-electron chi connectivity index (χ3n) is 3.37. The average molecular weight is 274 g/mol. The zero-order chi connectivity index (χ0) is 13.7. The molecule has 0 radical (unpaired) electrons. The summed E-state index contributed by atoms with van der Waals surface area (Å²) in [6, 6.07) is 16.9. The van der Waals surface area contributed by atoms with E-state index >= 15 is 0 Å². The number of rotatable bonds is 5. The van der Waals surface area contributed by atoms with E-state index < -0.39 is 0 Å². The lowest BCUT2D eigenvalue weighted by molar-refractivity contribution is 0.626. The summed E-state index contributed by atoms with van der Waals surface area (Å²) in [4.78, 5) is 0. The van der Waals surface area contributed by atoms with Gasteiger partial charge in [0.1, 0.15) is 0 Å². The molecule has 0 aliphatic rings. The monoisotopic (exact) mass is 273 g/mol. The van der Waals surface area contributed by atoms with E-state index in [9.17, 15) is 0 Å². The summed E-state index contributed by atoms with van der Waals surface area (Å²) < 4.78 is 0. The van der Waals surface area contributed by atoms with Crippen molar-refractivity contribution >= 4 is 11.6 Å². The molecule has 1 atom stereocenters. The van der Waals surface area contributed by atoms with E-state index in [1.807, 2.05) is 19.2 Å². The van der Waals surface area contributed by atoms with Gasteiger partial charge in [-0.3, -0.25) is 0 Å². The Bertz CT molecular complexity index is 519. The Morgan fingerprint density at radius 2 is 1.84 bits per heavy atom. The van der Waals surface area contributed by atoms with Gasteiger partial charge in [-0.1, -0.05) is 53.6 Å². The Balaban J connectivity index is 2.18. The van der Waals surface area contributed by atoms with Crippen LogP contribution in [-0.2, 0) is 6.42 Å². The average Bonchev–Trinajstić information content (AvgIpc) is 2.41. The maximum atomic E-state index is 6.09. The highest BCUT2D eigenvalue weighted by atomic mass is 35.5. The molecule has 1 N–H and O–H groups in total. The van der Waals surface area contributed by atoms with E-state index in [1.54, 1.807) is 0 Å². The van der Waals surface area contributed by atoms with Gasteiger partial charge in [0.25, 0.3) is 0 Å². The van der Waals surface area contributed by atoms with E-state index in [-0.39, 0.29) is 0 Å². The van der Waals surface area contributed by atoms with Crippen LogP contribution in [0.3, 0.4) is 0 Å². The van der Waals surface area contributed by atoms with Gasteiger partial charge < -0.3 is 5.32 Å². The van der Waals surface area contributed by atoms with Crippen molar-refractivity contribution in [1.29, 1.82) is 0 Å². The predicted molar refractivity (Wildman–Crippen MR) is 83.0 cm³/mol. The second-order valence-electron chi connectivity index (χ2n) is 5.00. The van der Waals surface area contributed by atoms with Crippen molar-refractivity contribution in [2.45, 2.75) is 19.3 Å². The molecule has 100 valence electrons. The fourth-order valence-corrected chi connectivity index (χ4v) is 2.52. The molecule has 0 saturated carbocycles. The van der Waals surface area contributed by atoms with Gasteiger partial charge in [-0.2, -0.15) is 0 Å². The van der Waals surface area contributed by atoms with Crippen LogP contribution in [0.4, 0.5) is 0 Å². The second kappa shape index (κ2) is 6.74. The smallest absolute Gasteiger partial charge is 0.0408 e. The third kappa shape index (κ3) is 4.09. The molecule has 19 heavy (non-hydrogen) atoms. The lowest BCUT2D eigenvalue weighted by Crippen LogP contribution is -2.19. The maximum Gasteiger partial charge on any atom is 0.0408 e. The molecule has 0 aliphatic heterocycles. The first-order chi connectivity index (χ1) is 9.19. The van der Waals surface area contributed by atoms with Crippen LogP contribution in [-0.4, -0.2) is 13.6 Å². The highest BCUT2D eigenvalue weighted by molar-refractivity contribution is 6.30. The molecule has 2 aromatic carbocycles. The fraction of sp³-hybridized carbons (Fsp3) is 0.294. The molecule has 1 nitrogen and oxygen atoms in total. The van der Waals surface area contributed by atoms with Crippen LogP contribution in [0.1, 0.15) is 22.6 Å². The Hall–Kier alpha value is -1.31. The van der Waals surface area contributed by atoms with E-state index in [2.05, 4.69) is 48.6 Å². The summed E-state index contributed by atoms with van der Waals surface area (Å²) in [6.45, 7) is 3.07. The molecule has 0 bridgehead atoms. The van der Waals surface area contributed by atoms with Crippen molar-refractivity contribution in [3.05, 3.63) is 70.2 Å². The van der Waals surface area contributed by atoms with Gasteiger partial charge in [-0.25, -0.2) is 0 Å². The SMILES string of the molecule is CNCC(Cc1ccc(C)cc1)c1cccc(Cl)c1. The summed E-state index contributed by atoms with van der Waals surface area (Å²) >= 11 is 6.09. The largest absolute Gasteiger partial charge is 0.319 e. The fourth-order valence-electron chi connectivity index (χ4n) is 2.32. The van der Waals surface area contributed by atoms with Crippen molar-refractivity contribution in [3.8, 4) is 0 Å². The van der Waals surface area contributed by atoms with Crippen molar-refractivity contribution in [3.63, 3.8) is 0 Å². The molecular weight excluding hydrogens is 254 g/mol. The molecule has 0 amide bonds. The summed E-state index contributed by atoms with van der Waals surface area (Å²) in [5.41, 5.74) is 3.96. The van der Waals surface area contributed by atoms with Gasteiger partial charge in [-0.15, -0.1) is 0 Å². The Morgan fingerprint density at radius 3 is 2.47 bits per heavy atom. The molecule has 0 fully saturated rings. The van der Waals surface area contributed by atoms with Gasteiger partial charge in [0.2, 0.25) is 0 Å².